The fourth-order valence-corrected chi connectivity index (χ4v) is 5.52. The van der Waals surface area contributed by atoms with Crippen molar-refractivity contribution in [3.63, 3.8) is 0 Å². The molecule has 0 saturated carbocycles. The third kappa shape index (κ3) is 6.31. The molecule has 4 rings (SSSR count). The van der Waals surface area contributed by atoms with Gasteiger partial charge in [0.25, 0.3) is 5.91 Å². The highest BCUT2D eigenvalue weighted by Gasteiger charge is 2.33. The zero-order valence-electron chi connectivity index (χ0n) is 19.9. The van der Waals surface area contributed by atoms with Crippen molar-refractivity contribution in [2.75, 3.05) is 40.0 Å². The molecule has 0 radical (unpaired) electrons. The van der Waals surface area contributed by atoms with Crippen LogP contribution >= 0.6 is 27.3 Å². The summed E-state index contributed by atoms with van der Waals surface area (Å²) in [6, 6.07) is 17.0. The van der Waals surface area contributed by atoms with E-state index >= 15 is 0 Å². The predicted molar refractivity (Wildman–Crippen MR) is 141 cm³/mol. The molecule has 0 saturated heterocycles. The molecule has 3 aromatic rings. The summed E-state index contributed by atoms with van der Waals surface area (Å²) >= 11 is 5.14. The van der Waals surface area contributed by atoms with Gasteiger partial charge in [-0.25, -0.2) is 0 Å². The van der Waals surface area contributed by atoms with Crippen LogP contribution in [0.5, 0.6) is 5.75 Å². The topological polar surface area (TPSA) is 59.1 Å². The second-order valence-electron chi connectivity index (χ2n) is 8.51. The summed E-state index contributed by atoms with van der Waals surface area (Å²) in [6.45, 7) is 3.65. The molecule has 1 aliphatic rings. The molecule has 2 aromatic carbocycles. The highest BCUT2D eigenvalue weighted by atomic mass is 79.9. The number of rotatable bonds is 9. The summed E-state index contributed by atoms with van der Waals surface area (Å²) in [5, 5.41) is 2.07. The summed E-state index contributed by atoms with van der Waals surface area (Å²) in [4.78, 5) is 31.6. The van der Waals surface area contributed by atoms with Crippen molar-refractivity contribution in [1.82, 2.24) is 9.80 Å². The first-order valence-corrected chi connectivity index (χ1v) is 13.2. The molecule has 2 heterocycles. The standard InChI is InChI=1S/C27H29BrN2O4S/c1-19-6-8-22(9-7-19)34-18-24-23-11-15-35-25(23)10-12-30(24)26(31)17-29(13-14-33-2)27(32)20-4-3-5-21(28)16-20/h3-9,11,15-16,24H,10,12-14,17-18H2,1-2H3. The van der Waals surface area contributed by atoms with E-state index in [1.807, 2.05) is 48.2 Å². The lowest BCUT2D eigenvalue weighted by molar-refractivity contribution is -0.135. The number of hydrogen-bond acceptors (Lipinski definition) is 5. The van der Waals surface area contributed by atoms with E-state index in [9.17, 15) is 9.59 Å². The number of amides is 2. The number of benzene rings is 2. The van der Waals surface area contributed by atoms with Crippen molar-refractivity contribution in [3.8, 4) is 5.75 Å². The van der Waals surface area contributed by atoms with E-state index in [0.717, 1.165) is 22.2 Å². The van der Waals surface area contributed by atoms with Crippen LogP contribution in [-0.2, 0) is 16.0 Å². The van der Waals surface area contributed by atoms with Gasteiger partial charge in [-0.05, 0) is 60.7 Å². The molecule has 1 aliphatic heterocycles. The van der Waals surface area contributed by atoms with Gasteiger partial charge in [0.1, 0.15) is 18.9 Å². The maximum absolute atomic E-state index is 13.6. The zero-order chi connectivity index (χ0) is 24.8. The van der Waals surface area contributed by atoms with E-state index in [-0.39, 0.29) is 24.4 Å². The van der Waals surface area contributed by atoms with E-state index in [1.165, 1.54) is 10.4 Å². The minimum Gasteiger partial charge on any atom is -0.491 e. The van der Waals surface area contributed by atoms with Crippen molar-refractivity contribution in [1.29, 1.82) is 0 Å². The average Bonchev–Trinajstić information content (AvgIpc) is 3.34. The number of thiophene rings is 1. The van der Waals surface area contributed by atoms with Crippen LogP contribution in [0.25, 0.3) is 0 Å². The van der Waals surface area contributed by atoms with Gasteiger partial charge in [0.15, 0.2) is 0 Å². The molecular weight excluding hydrogens is 528 g/mol. The Morgan fingerprint density at radius 3 is 2.71 bits per heavy atom. The Morgan fingerprint density at radius 2 is 1.97 bits per heavy atom. The van der Waals surface area contributed by atoms with Crippen LogP contribution in [0, 0.1) is 6.92 Å². The molecule has 35 heavy (non-hydrogen) atoms. The smallest absolute Gasteiger partial charge is 0.254 e. The fraction of sp³-hybridized carbons (Fsp3) is 0.333. The summed E-state index contributed by atoms with van der Waals surface area (Å²) < 4.78 is 12.1. The van der Waals surface area contributed by atoms with Crippen molar-refractivity contribution >= 4 is 39.1 Å². The molecule has 6 nitrogen and oxygen atoms in total. The van der Waals surface area contributed by atoms with Crippen LogP contribution in [0.1, 0.15) is 32.4 Å². The Bertz CT molecular complexity index is 1160. The third-order valence-corrected chi connectivity index (χ3v) is 7.58. The van der Waals surface area contributed by atoms with E-state index in [2.05, 4.69) is 27.4 Å². The van der Waals surface area contributed by atoms with Crippen molar-refractivity contribution in [2.45, 2.75) is 19.4 Å². The number of fused-ring (bicyclic) bond motifs is 1. The second-order valence-corrected chi connectivity index (χ2v) is 10.4. The van der Waals surface area contributed by atoms with Gasteiger partial charge in [-0.3, -0.25) is 9.59 Å². The molecule has 0 fully saturated rings. The Morgan fingerprint density at radius 1 is 1.17 bits per heavy atom. The van der Waals surface area contributed by atoms with Crippen LogP contribution in [0.3, 0.4) is 0 Å². The normalized spacial score (nSPS) is 14.9. The SMILES string of the molecule is COCCN(CC(=O)N1CCc2sccc2C1COc1ccc(C)cc1)C(=O)c1cccc(Br)c1. The van der Waals surface area contributed by atoms with E-state index in [0.29, 0.717) is 31.9 Å². The highest BCUT2D eigenvalue weighted by Crippen LogP contribution is 2.34. The Kier molecular flexibility index (Phi) is 8.59. The first-order valence-electron chi connectivity index (χ1n) is 11.5. The van der Waals surface area contributed by atoms with Crippen molar-refractivity contribution in [3.05, 3.63) is 86.0 Å². The van der Waals surface area contributed by atoms with Crippen LogP contribution < -0.4 is 4.74 Å². The molecule has 1 atom stereocenters. The number of hydrogen-bond donors (Lipinski definition) is 0. The van der Waals surface area contributed by atoms with Crippen molar-refractivity contribution in [2.24, 2.45) is 0 Å². The van der Waals surface area contributed by atoms with Gasteiger partial charge in [0, 0.05) is 35.1 Å². The lowest BCUT2D eigenvalue weighted by Crippen LogP contribution is -2.48. The summed E-state index contributed by atoms with van der Waals surface area (Å²) in [5.41, 5.74) is 2.82. The Labute approximate surface area is 218 Å². The summed E-state index contributed by atoms with van der Waals surface area (Å²) in [5.74, 6) is 0.480. The zero-order valence-corrected chi connectivity index (χ0v) is 22.3. The van der Waals surface area contributed by atoms with E-state index < -0.39 is 0 Å². The monoisotopic (exact) mass is 556 g/mol. The largest absolute Gasteiger partial charge is 0.491 e. The van der Waals surface area contributed by atoms with Gasteiger partial charge in [-0.15, -0.1) is 11.3 Å². The lowest BCUT2D eigenvalue weighted by atomic mass is 10.0. The molecule has 0 bridgehead atoms. The minimum absolute atomic E-state index is 0.0186. The fourth-order valence-electron chi connectivity index (χ4n) is 4.20. The van der Waals surface area contributed by atoms with Gasteiger partial charge in [-0.2, -0.15) is 0 Å². The average molecular weight is 558 g/mol. The predicted octanol–water partition coefficient (Wildman–Crippen LogP) is 5.11. The van der Waals surface area contributed by atoms with Crippen LogP contribution in [0.15, 0.2) is 64.5 Å². The summed E-state index contributed by atoms with van der Waals surface area (Å²) in [7, 11) is 1.59. The molecule has 0 N–H and O–H groups in total. The molecule has 184 valence electrons. The third-order valence-electron chi connectivity index (χ3n) is 6.09. The quantitative estimate of drug-likeness (QED) is 0.367. The van der Waals surface area contributed by atoms with Crippen LogP contribution in [0.2, 0.25) is 0 Å². The van der Waals surface area contributed by atoms with Gasteiger partial charge in [-0.1, -0.05) is 39.7 Å². The number of carbonyl (C=O) groups is 2. The molecule has 2 amide bonds. The van der Waals surface area contributed by atoms with Gasteiger partial charge >= 0.3 is 0 Å². The summed E-state index contributed by atoms with van der Waals surface area (Å²) in [6.07, 6.45) is 0.803. The Balaban J connectivity index is 1.52. The van der Waals surface area contributed by atoms with Gasteiger partial charge in [0.2, 0.25) is 5.91 Å². The molecule has 8 heteroatoms. The van der Waals surface area contributed by atoms with Gasteiger partial charge in [0.05, 0.1) is 12.6 Å². The first-order chi connectivity index (χ1) is 17.0. The lowest BCUT2D eigenvalue weighted by Gasteiger charge is -2.37. The minimum atomic E-state index is -0.205. The number of methoxy groups -OCH3 is 1. The number of carbonyl (C=O) groups excluding carboxylic acids is 2. The van der Waals surface area contributed by atoms with Crippen molar-refractivity contribution < 1.29 is 19.1 Å². The maximum atomic E-state index is 13.6. The highest BCUT2D eigenvalue weighted by molar-refractivity contribution is 9.10. The van der Waals surface area contributed by atoms with Gasteiger partial charge < -0.3 is 19.3 Å². The first kappa shape index (κ1) is 25.4. The van der Waals surface area contributed by atoms with Crippen LogP contribution in [0.4, 0.5) is 0 Å². The Hall–Kier alpha value is -2.68. The number of halogens is 1. The molecule has 1 aromatic heterocycles. The van der Waals surface area contributed by atoms with E-state index in [4.69, 9.17) is 9.47 Å². The van der Waals surface area contributed by atoms with Crippen LogP contribution in [-0.4, -0.2) is 61.6 Å². The molecular formula is C27H29BrN2O4S. The van der Waals surface area contributed by atoms with E-state index in [1.54, 1.807) is 35.5 Å². The number of nitrogens with zero attached hydrogens (tertiary/aromatic N) is 2. The number of aryl methyl sites for hydroxylation is 1. The molecule has 0 aliphatic carbocycles. The number of ether oxygens (including phenoxy) is 2. The molecule has 1 unspecified atom stereocenters. The maximum Gasteiger partial charge on any atom is 0.254 e. The second kappa shape index (κ2) is 11.8. The molecule has 0 spiro atoms.